The molecule has 0 aliphatic heterocycles. The number of nitrogens with one attached hydrogen (secondary N) is 1. The molecule has 0 fully saturated rings. The molecule has 1 N–H and O–H groups in total. The van der Waals surface area contributed by atoms with E-state index < -0.39 is 10.0 Å². The number of aromatic nitrogens is 2. The van der Waals surface area contributed by atoms with Crippen molar-refractivity contribution in [2.45, 2.75) is 30.7 Å². The molecule has 0 spiro atoms. The van der Waals surface area contributed by atoms with E-state index in [1.807, 2.05) is 6.07 Å². The van der Waals surface area contributed by atoms with Gasteiger partial charge >= 0.3 is 0 Å². The van der Waals surface area contributed by atoms with E-state index in [4.69, 9.17) is 25.8 Å². The first kappa shape index (κ1) is 30.3. The fraction of sp³-hybridized carbons (Fsp3) is 0.267. The van der Waals surface area contributed by atoms with Crippen LogP contribution in [0.1, 0.15) is 22.3 Å². The van der Waals surface area contributed by atoms with E-state index in [-0.39, 0.29) is 30.1 Å². The topological polar surface area (TPSA) is 109 Å². The molecule has 216 valence electrons. The van der Waals surface area contributed by atoms with Gasteiger partial charge in [-0.25, -0.2) is 17.8 Å². The SMILES string of the molecule is COCCc1cnn(-c2ccc(CC(=O)Cc3ccccc3Cl)cc2S(=O)(=O)NCc2ccc(OC)cc2OC)c1. The summed E-state index contributed by atoms with van der Waals surface area (Å²) in [5, 5.41) is 4.90. The Morgan fingerprint density at radius 2 is 1.76 bits per heavy atom. The Hall–Kier alpha value is -3.70. The van der Waals surface area contributed by atoms with Gasteiger partial charge in [0.1, 0.15) is 22.2 Å². The quantitative estimate of drug-likeness (QED) is 0.227. The Morgan fingerprint density at radius 1 is 0.951 bits per heavy atom. The van der Waals surface area contributed by atoms with Crippen LogP contribution in [0, 0.1) is 0 Å². The minimum Gasteiger partial charge on any atom is -0.497 e. The number of carbonyl (C=O) groups excluding carboxylic acids is 1. The van der Waals surface area contributed by atoms with Crippen LogP contribution in [0.2, 0.25) is 5.02 Å². The second-order valence-electron chi connectivity index (χ2n) is 9.32. The molecule has 1 heterocycles. The van der Waals surface area contributed by atoms with Crippen LogP contribution in [0.15, 0.2) is 78.0 Å². The third-order valence-electron chi connectivity index (χ3n) is 6.49. The highest BCUT2D eigenvalue weighted by Crippen LogP contribution is 2.27. The average Bonchev–Trinajstić information content (AvgIpc) is 3.45. The van der Waals surface area contributed by atoms with Crippen molar-refractivity contribution >= 4 is 27.4 Å². The molecular formula is C30H32ClN3O6S. The van der Waals surface area contributed by atoms with Crippen LogP contribution < -0.4 is 14.2 Å². The number of nitrogens with zero attached hydrogens (tertiary/aromatic N) is 2. The number of sulfonamides is 1. The highest BCUT2D eigenvalue weighted by Gasteiger charge is 2.22. The molecule has 0 amide bonds. The van der Waals surface area contributed by atoms with Crippen molar-refractivity contribution < 1.29 is 27.4 Å². The van der Waals surface area contributed by atoms with E-state index in [2.05, 4.69) is 9.82 Å². The summed E-state index contributed by atoms with van der Waals surface area (Å²) in [7, 11) is 0.600. The Kier molecular flexibility index (Phi) is 10.2. The molecule has 0 atom stereocenters. The zero-order chi connectivity index (χ0) is 29.4. The lowest BCUT2D eigenvalue weighted by Crippen LogP contribution is -2.25. The lowest BCUT2D eigenvalue weighted by molar-refractivity contribution is -0.117. The van der Waals surface area contributed by atoms with Crippen LogP contribution in [-0.2, 0) is 45.4 Å². The highest BCUT2D eigenvalue weighted by atomic mass is 35.5. The number of ether oxygens (including phenoxy) is 3. The average molecular weight is 598 g/mol. The standard InChI is InChI=1S/C30H32ClN3O6S/c1-38-13-12-22-18-32-34(20-22)28-11-8-21(14-25(35)16-23-6-4-5-7-27(23)31)15-30(28)41(36,37)33-19-24-9-10-26(39-2)17-29(24)40-3/h4-11,15,17-18,20,33H,12-14,16,19H2,1-3H3. The summed E-state index contributed by atoms with van der Waals surface area (Å²) in [6, 6.07) is 17.2. The molecule has 0 unspecified atom stereocenters. The third kappa shape index (κ3) is 7.74. The summed E-state index contributed by atoms with van der Waals surface area (Å²) in [6.45, 7) is 0.484. The number of hydrogen-bond donors (Lipinski definition) is 1. The second kappa shape index (κ2) is 13.8. The maximum atomic E-state index is 13.7. The van der Waals surface area contributed by atoms with Gasteiger partial charge in [-0.15, -0.1) is 0 Å². The van der Waals surface area contributed by atoms with Gasteiger partial charge in [0.2, 0.25) is 10.0 Å². The van der Waals surface area contributed by atoms with Crippen molar-refractivity contribution in [3.05, 3.63) is 100 Å². The van der Waals surface area contributed by atoms with E-state index in [9.17, 15) is 13.2 Å². The van der Waals surface area contributed by atoms with Gasteiger partial charge in [-0.2, -0.15) is 5.10 Å². The first-order chi connectivity index (χ1) is 19.7. The number of ketones is 1. The fourth-order valence-corrected chi connectivity index (χ4v) is 5.75. The van der Waals surface area contributed by atoms with Crippen LogP contribution in [0.3, 0.4) is 0 Å². The van der Waals surface area contributed by atoms with Crippen molar-refractivity contribution in [2.75, 3.05) is 27.9 Å². The monoisotopic (exact) mass is 597 g/mol. The van der Waals surface area contributed by atoms with Gasteiger partial charge in [0, 0.05) is 49.3 Å². The largest absolute Gasteiger partial charge is 0.497 e. The number of halogens is 1. The first-order valence-electron chi connectivity index (χ1n) is 12.9. The van der Waals surface area contributed by atoms with E-state index in [1.54, 1.807) is 75.1 Å². The summed E-state index contributed by atoms with van der Waals surface area (Å²) in [4.78, 5) is 12.9. The van der Waals surface area contributed by atoms with Gasteiger partial charge in [0.15, 0.2) is 0 Å². The Labute approximate surface area is 245 Å². The number of hydrogen-bond acceptors (Lipinski definition) is 7. The van der Waals surface area contributed by atoms with Gasteiger partial charge in [-0.1, -0.05) is 41.9 Å². The predicted octanol–water partition coefficient (Wildman–Crippen LogP) is 4.56. The minimum atomic E-state index is -4.06. The normalized spacial score (nSPS) is 11.4. The molecule has 0 aliphatic carbocycles. The first-order valence-corrected chi connectivity index (χ1v) is 14.7. The number of carbonyl (C=O) groups is 1. The number of Topliss-reactive ketones (excluding diaryl/α,β-unsaturated/α-hetero) is 1. The highest BCUT2D eigenvalue weighted by molar-refractivity contribution is 7.89. The lowest BCUT2D eigenvalue weighted by atomic mass is 10.0. The molecule has 4 rings (SSSR count). The van der Waals surface area contributed by atoms with Crippen LogP contribution in [0.4, 0.5) is 0 Å². The van der Waals surface area contributed by atoms with E-state index in [1.165, 1.54) is 17.9 Å². The Bertz CT molecular complexity index is 1620. The zero-order valence-electron chi connectivity index (χ0n) is 23.1. The summed E-state index contributed by atoms with van der Waals surface area (Å²) in [5.74, 6) is 0.986. The molecule has 0 radical (unpaired) electrons. The van der Waals surface area contributed by atoms with E-state index >= 15 is 0 Å². The van der Waals surface area contributed by atoms with Crippen molar-refractivity contribution in [2.24, 2.45) is 0 Å². The second-order valence-corrected chi connectivity index (χ2v) is 11.5. The molecule has 1 aromatic heterocycles. The van der Waals surface area contributed by atoms with Crippen molar-refractivity contribution in [1.82, 2.24) is 14.5 Å². The van der Waals surface area contributed by atoms with Crippen molar-refractivity contribution in [3.8, 4) is 17.2 Å². The Balaban J connectivity index is 1.64. The molecule has 0 aliphatic rings. The predicted molar refractivity (Wildman–Crippen MR) is 157 cm³/mol. The van der Waals surface area contributed by atoms with E-state index in [0.717, 1.165) is 11.1 Å². The molecular weight excluding hydrogens is 566 g/mol. The number of methoxy groups -OCH3 is 3. The molecule has 3 aromatic carbocycles. The van der Waals surface area contributed by atoms with Crippen molar-refractivity contribution in [3.63, 3.8) is 0 Å². The van der Waals surface area contributed by atoms with Gasteiger partial charge in [0.25, 0.3) is 0 Å². The van der Waals surface area contributed by atoms with Crippen LogP contribution in [-0.4, -0.2) is 51.9 Å². The summed E-state index contributed by atoms with van der Waals surface area (Å²) in [5.41, 5.74) is 3.15. The molecule has 41 heavy (non-hydrogen) atoms. The summed E-state index contributed by atoms with van der Waals surface area (Å²) in [6.07, 6.45) is 4.25. The summed E-state index contributed by atoms with van der Waals surface area (Å²) < 4.78 is 47.5. The smallest absolute Gasteiger partial charge is 0.243 e. The van der Waals surface area contributed by atoms with Gasteiger partial charge in [0.05, 0.1) is 32.7 Å². The molecule has 11 heteroatoms. The van der Waals surface area contributed by atoms with Gasteiger partial charge < -0.3 is 14.2 Å². The molecule has 9 nitrogen and oxygen atoms in total. The van der Waals surface area contributed by atoms with Crippen LogP contribution in [0.5, 0.6) is 11.5 Å². The summed E-state index contributed by atoms with van der Waals surface area (Å²) >= 11 is 6.23. The molecule has 0 saturated heterocycles. The molecule has 4 aromatic rings. The van der Waals surface area contributed by atoms with Crippen LogP contribution >= 0.6 is 11.6 Å². The molecule has 0 saturated carbocycles. The number of benzene rings is 3. The van der Waals surface area contributed by atoms with E-state index in [0.29, 0.717) is 46.4 Å². The fourth-order valence-electron chi connectivity index (χ4n) is 4.31. The zero-order valence-corrected chi connectivity index (χ0v) is 24.7. The maximum Gasteiger partial charge on any atom is 0.243 e. The van der Waals surface area contributed by atoms with Gasteiger partial charge in [-0.05, 0) is 47.4 Å². The van der Waals surface area contributed by atoms with Crippen LogP contribution in [0.25, 0.3) is 5.69 Å². The number of rotatable bonds is 14. The Morgan fingerprint density at radius 3 is 2.49 bits per heavy atom. The minimum absolute atomic E-state index is 0.00517. The lowest BCUT2D eigenvalue weighted by Gasteiger charge is -2.15. The third-order valence-corrected chi connectivity index (χ3v) is 8.28. The molecule has 0 bridgehead atoms. The maximum absolute atomic E-state index is 13.7. The van der Waals surface area contributed by atoms with Gasteiger partial charge in [-0.3, -0.25) is 4.79 Å². The van der Waals surface area contributed by atoms with Crippen molar-refractivity contribution in [1.29, 1.82) is 0 Å².